The van der Waals surface area contributed by atoms with E-state index in [1.807, 2.05) is 0 Å². The summed E-state index contributed by atoms with van der Waals surface area (Å²) in [6.07, 6.45) is 0.700. The normalized spacial score (nSPS) is 13.8. The minimum absolute atomic E-state index is 0.103. The number of nitrogens with zero attached hydrogens (tertiary/aromatic N) is 1. The van der Waals surface area contributed by atoms with Gasteiger partial charge in [0.2, 0.25) is 0 Å². The Balaban J connectivity index is 2.49. The lowest BCUT2D eigenvalue weighted by Gasteiger charge is -2.16. The summed E-state index contributed by atoms with van der Waals surface area (Å²) < 4.78 is 5.11. The first-order chi connectivity index (χ1) is 8.47. The minimum Gasteiger partial charge on any atom is -0.396 e. The van der Waals surface area contributed by atoms with Crippen LogP contribution in [-0.4, -0.2) is 36.5 Å². The van der Waals surface area contributed by atoms with Gasteiger partial charge in [-0.1, -0.05) is 20.8 Å². The van der Waals surface area contributed by atoms with E-state index in [1.165, 1.54) is 0 Å². The lowest BCUT2D eigenvalue weighted by molar-refractivity contribution is 0.148. The van der Waals surface area contributed by atoms with E-state index < -0.39 is 0 Å². The Hall–Kier alpha value is -0.490. The third kappa shape index (κ3) is 5.02. The van der Waals surface area contributed by atoms with E-state index in [1.54, 1.807) is 18.4 Å². The maximum Gasteiger partial charge on any atom is 0.107 e. The second-order valence-electron chi connectivity index (χ2n) is 5.42. The third-order valence-corrected chi connectivity index (χ3v) is 3.56. The van der Waals surface area contributed by atoms with Crippen LogP contribution in [0.3, 0.4) is 0 Å². The summed E-state index contributed by atoms with van der Waals surface area (Å²) in [5.74, 6) is 0. The molecule has 1 atom stereocenters. The predicted molar refractivity (Wildman–Crippen MR) is 75.0 cm³/mol. The van der Waals surface area contributed by atoms with Gasteiger partial charge in [-0.25, -0.2) is 4.98 Å². The zero-order valence-corrected chi connectivity index (χ0v) is 12.5. The highest BCUT2D eigenvalue weighted by molar-refractivity contribution is 7.09. The average molecular weight is 272 g/mol. The number of nitrogens with one attached hydrogen (secondary N) is 1. The quantitative estimate of drug-likeness (QED) is 0.796. The molecule has 0 aliphatic rings. The molecule has 1 rings (SSSR count). The van der Waals surface area contributed by atoms with Crippen molar-refractivity contribution >= 4 is 11.3 Å². The fraction of sp³-hybridized carbons (Fsp3) is 0.769. The minimum atomic E-state index is 0.103. The Bertz CT molecular complexity index is 341. The predicted octanol–water partition coefficient (Wildman–Crippen LogP) is 1.93. The van der Waals surface area contributed by atoms with E-state index in [0.29, 0.717) is 13.0 Å². The van der Waals surface area contributed by atoms with Gasteiger partial charge in [-0.2, -0.15) is 0 Å². The molecule has 0 amide bonds. The van der Waals surface area contributed by atoms with Crippen LogP contribution < -0.4 is 5.32 Å². The van der Waals surface area contributed by atoms with Crippen LogP contribution >= 0.6 is 11.3 Å². The average Bonchev–Trinajstić information content (AvgIpc) is 2.75. The maximum atomic E-state index is 8.96. The SMILES string of the molecule is COCC(CCO)NCc1nc(C(C)(C)C)cs1. The topological polar surface area (TPSA) is 54.4 Å². The van der Waals surface area contributed by atoms with Gasteiger partial charge in [0.15, 0.2) is 0 Å². The van der Waals surface area contributed by atoms with Crippen molar-refractivity contribution in [3.05, 3.63) is 16.1 Å². The highest BCUT2D eigenvalue weighted by Gasteiger charge is 2.17. The van der Waals surface area contributed by atoms with Crippen molar-refractivity contribution in [1.29, 1.82) is 0 Å². The molecule has 0 radical (unpaired) electrons. The van der Waals surface area contributed by atoms with E-state index in [0.717, 1.165) is 17.2 Å². The molecule has 2 N–H and O–H groups in total. The van der Waals surface area contributed by atoms with Crippen LogP contribution in [0.5, 0.6) is 0 Å². The zero-order valence-electron chi connectivity index (χ0n) is 11.7. The molecule has 0 aliphatic carbocycles. The lowest BCUT2D eigenvalue weighted by Crippen LogP contribution is -2.33. The van der Waals surface area contributed by atoms with Gasteiger partial charge in [0, 0.05) is 37.1 Å². The molecule has 0 aliphatic heterocycles. The van der Waals surface area contributed by atoms with Gasteiger partial charge in [0.05, 0.1) is 12.3 Å². The van der Waals surface area contributed by atoms with Crippen molar-refractivity contribution < 1.29 is 9.84 Å². The maximum absolute atomic E-state index is 8.96. The Morgan fingerprint density at radius 3 is 2.72 bits per heavy atom. The summed E-state index contributed by atoms with van der Waals surface area (Å²) in [5, 5.41) is 15.5. The third-order valence-electron chi connectivity index (χ3n) is 2.71. The first kappa shape index (κ1) is 15.6. The summed E-state index contributed by atoms with van der Waals surface area (Å²) >= 11 is 1.68. The molecule has 0 saturated heterocycles. The van der Waals surface area contributed by atoms with Gasteiger partial charge in [-0.05, 0) is 6.42 Å². The van der Waals surface area contributed by atoms with Crippen LogP contribution in [0.25, 0.3) is 0 Å². The highest BCUT2D eigenvalue weighted by atomic mass is 32.1. The van der Waals surface area contributed by atoms with Gasteiger partial charge in [-0.15, -0.1) is 11.3 Å². The number of aliphatic hydroxyl groups is 1. The molecule has 104 valence electrons. The van der Waals surface area contributed by atoms with E-state index >= 15 is 0 Å². The second-order valence-corrected chi connectivity index (χ2v) is 6.36. The molecule has 0 saturated carbocycles. The summed E-state index contributed by atoms with van der Waals surface area (Å²) in [6, 6.07) is 0.182. The first-order valence-corrected chi connectivity index (χ1v) is 7.13. The summed E-state index contributed by atoms with van der Waals surface area (Å²) in [6.45, 7) is 8.01. The number of aliphatic hydroxyl groups excluding tert-OH is 1. The van der Waals surface area contributed by atoms with Crippen molar-refractivity contribution in [2.45, 2.75) is 45.2 Å². The van der Waals surface area contributed by atoms with Crippen molar-refractivity contribution in [3.8, 4) is 0 Å². The van der Waals surface area contributed by atoms with Crippen molar-refractivity contribution in [2.75, 3.05) is 20.3 Å². The molecule has 4 nitrogen and oxygen atoms in total. The number of hydrogen-bond donors (Lipinski definition) is 2. The lowest BCUT2D eigenvalue weighted by atomic mass is 9.93. The first-order valence-electron chi connectivity index (χ1n) is 6.25. The number of hydrogen-bond acceptors (Lipinski definition) is 5. The van der Waals surface area contributed by atoms with Crippen LogP contribution in [-0.2, 0) is 16.7 Å². The molecule has 1 unspecified atom stereocenters. The van der Waals surface area contributed by atoms with Gasteiger partial charge >= 0.3 is 0 Å². The van der Waals surface area contributed by atoms with E-state index in [9.17, 15) is 0 Å². The zero-order chi connectivity index (χ0) is 13.6. The Kier molecular flexibility index (Phi) is 6.21. The number of rotatable bonds is 7. The molecular weight excluding hydrogens is 248 g/mol. The Labute approximate surface area is 113 Å². The largest absolute Gasteiger partial charge is 0.396 e. The molecule has 0 spiro atoms. The van der Waals surface area contributed by atoms with Gasteiger partial charge in [0.1, 0.15) is 5.01 Å². The van der Waals surface area contributed by atoms with Crippen molar-refractivity contribution in [3.63, 3.8) is 0 Å². The molecule has 0 fully saturated rings. The molecule has 0 aromatic carbocycles. The second kappa shape index (κ2) is 7.19. The van der Waals surface area contributed by atoms with E-state index in [4.69, 9.17) is 9.84 Å². The molecule has 1 aromatic rings. The van der Waals surface area contributed by atoms with Gasteiger partial charge in [0.25, 0.3) is 0 Å². The number of aromatic nitrogens is 1. The van der Waals surface area contributed by atoms with E-state index in [2.05, 4.69) is 36.5 Å². The standard InChI is InChI=1S/C13H24N2O2S/c1-13(2,3)11-9-18-12(15-11)7-14-10(5-6-16)8-17-4/h9-10,14,16H,5-8H2,1-4H3. The van der Waals surface area contributed by atoms with Crippen LogP contribution in [0, 0.1) is 0 Å². The fourth-order valence-corrected chi connectivity index (χ4v) is 2.54. The van der Waals surface area contributed by atoms with Gasteiger partial charge < -0.3 is 15.2 Å². The Morgan fingerprint density at radius 1 is 1.50 bits per heavy atom. The van der Waals surface area contributed by atoms with Crippen LogP contribution in [0.2, 0.25) is 0 Å². The van der Waals surface area contributed by atoms with Crippen LogP contribution in [0.1, 0.15) is 37.9 Å². The van der Waals surface area contributed by atoms with E-state index in [-0.39, 0.29) is 18.1 Å². The highest BCUT2D eigenvalue weighted by Crippen LogP contribution is 2.23. The van der Waals surface area contributed by atoms with Crippen LogP contribution in [0.15, 0.2) is 5.38 Å². The Morgan fingerprint density at radius 2 is 2.22 bits per heavy atom. The van der Waals surface area contributed by atoms with Crippen LogP contribution in [0.4, 0.5) is 0 Å². The van der Waals surface area contributed by atoms with Crippen molar-refractivity contribution in [1.82, 2.24) is 10.3 Å². The smallest absolute Gasteiger partial charge is 0.107 e. The fourth-order valence-electron chi connectivity index (χ4n) is 1.57. The van der Waals surface area contributed by atoms with Crippen molar-refractivity contribution in [2.24, 2.45) is 0 Å². The van der Waals surface area contributed by atoms with Gasteiger partial charge in [-0.3, -0.25) is 0 Å². The number of methoxy groups -OCH3 is 1. The number of thiazole rings is 1. The summed E-state index contributed by atoms with van der Waals surface area (Å²) in [5.41, 5.74) is 1.24. The molecule has 1 aromatic heterocycles. The summed E-state index contributed by atoms with van der Waals surface area (Å²) in [4.78, 5) is 4.63. The molecule has 5 heteroatoms. The molecule has 1 heterocycles. The molecule has 0 bridgehead atoms. The summed E-state index contributed by atoms with van der Waals surface area (Å²) in [7, 11) is 1.67. The molecule has 18 heavy (non-hydrogen) atoms. The monoisotopic (exact) mass is 272 g/mol. The molecular formula is C13H24N2O2S. The number of ether oxygens (including phenoxy) is 1.